The first-order valence-electron chi connectivity index (χ1n) is 7.31. The van der Waals surface area contributed by atoms with Gasteiger partial charge in [-0.15, -0.1) is 12.4 Å². The minimum atomic E-state index is 0. The van der Waals surface area contributed by atoms with Crippen LogP contribution in [0.15, 0.2) is 24.3 Å². The van der Waals surface area contributed by atoms with E-state index in [1.54, 1.807) is 0 Å². The van der Waals surface area contributed by atoms with Gasteiger partial charge in [0.1, 0.15) is 0 Å². The minimum Gasteiger partial charge on any atom is -0.326 e. The van der Waals surface area contributed by atoms with Gasteiger partial charge in [0.05, 0.1) is 0 Å². The maximum absolute atomic E-state index is 12.4. The van der Waals surface area contributed by atoms with Gasteiger partial charge in [-0.1, -0.05) is 12.1 Å². The summed E-state index contributed by atoms with van der Waals surface area (Å²) in [6, 6.07) is 7.92. The largest absolute Gasteiger partial charge is 0.326 e. The molecule has 4 heteroatoms. The Morgan fingerprint density at radius 1 is 1.15 bits per heavy atom. The second kappa shape index (κ2) is 6.15. The normalized spacial score (nSPS) is 19.4. The fraction of sp³-hybridized carbons (Fsp3) is 0.562. The van der Waals surface area contributed by atoms with E-state index in [0.717, 1.165) is 11.3 Å². The van der Waals surface area contributed by atoms with E-state index < -0.39 is 0 Å². The standard InChI is InChI=1S/C16H22N2O.ClH/c1-10(17)11-6-8-14(9-7-11)18-16(19)15(12-2-3-12)13-4-5-13;/h6-10,12-13,15H,2-5,17H2,1H3,(H,18,19);1H. The van der Waals surface area contributed by atoms with Crippen LogP contribution in [0.25, 0.3) is 0 Å². The van der Waals surface area contributed by atoms with E-state index in [-0.39, 0.29) is 30.3 Å². The summed E-state index contributed by atoms with van der Waals surface area (Å²) in [5.41, 5.74) is 7.81. The molecule has 1 aromatic rings. The molecule has 1 amide bonds. The Balaban J connectivity index is 0.00000147. The molecule has 1 unspecified atom stereocenters. The van der Waals surface area contributed by atoms with Crippen LogP contribution in [0.3, 0.4) is 0 Å². The van der Waals surface area contributed by atoms with E-state index in [0.29, 0.717) is 11.8 Å². The van der Waals surface area contributed by atoms with E-state index in [9.17, 15) is 4.79 Å². The third kappa shape index (κ3) is 3.53. The van der Waals surface area contributed by atoms with Crippen molar-refractivity contribution in [2.75, 3.05) is 5.32 Å². The predicted octanol–water partition coefficient (Wildman–Crippen LogP) is 3.50. The number of benzene rings is 1. The highest BCUT2D eigenvalue weighted by molar-refractivity contribution is 5.93. The number of nitrogens with two attached hydrogens (primary N) is 1. The van der Waals surface area contributed by atoms with Gasteiger partial charge in [-0.3, -0.25) is 4.79 Å². The molecule has 3 rings (SSSR count). The Hall–Kier alpha value is -1.06. The number of nitrogens with one attached hydrogen (secondary N) is 1. The van der Waals surface area contributed by atoms with E-state index >= 15 is 0 Å². The molecular weight excluding hydrogens is 272 g/mol. The Kier molecular flexibility index (Phi) is 4.71. The van der Waals surface area contributed by atoms with Gasteiger partial charge >= 0.3 is 0 Å². The smallest absolute Gasteiger partial charge is 0.228 e. The van der Waals surface area contributed by atoms with Crippen LogP contribution in [-0.2, 0) is 4.79 Å². The number of rotatable bonds is 5. The molecule has 2 aliphatic rings. The summed E-state index contributed by atoms with van der Waals surface area (Å²) >= 11 is 0. The first-order chi connectivity index (χ1) is 9.15. The Bertz CT molecular complexity index is 452. The summed E-state index contributed by atoms with van der Waals surface area (Å²) in [5, 5.41) is 3.07. The topological polar surface area (TPSA) is 55.1 Å². The number of carbonyl (C=O) groups is 1. The van der Waals surface area contributed by atoms with Gasteiger partial charge in [0, 0.05) is 17.6 Å². The zero-order valence-corrected chi connectivity index (χ0v) is 12.7. The van der Waals surface area contributed by atoms with Crippen LogP contribution in [-0.4, -0.2) is 5.91 Å². The Labute approximate surface area is 126 Å². The van der Waals surface area contributed by atoms with Crippen molar-refractivity contribution >= 4 is 24.0 Å². The Morgan fingerprint density at radius 3 is 2.05 bits per heavy atom. The molecular formula is C16H23ClN2O. The predicted molar refractivity (Wildman–Crippen MR) is 83.9 cm³/mol. The summed E-state index contributed by atoms with van der Waals surface area (Å²) in [7, 11) is 0. The van der Waals surface area contributed by atoms with Crippen molar-refractivity contribution in [1.82, 2.24) is 0 Å². The molecule has 2 fully saturated rings. The van der Waals surface area contributed by atoms with Crippen LogP contribution in [0.2, 0.25) is 0 Å². The minimum absolute atomic E-state index is 0. The molecule has 1 aromatic carbocycles. The fourth-order valence-electron chi connectivity index (χ4n) is 2.82. The second-order valence-corrected chi connectivity index (χ2v) is 6.10. The molecule has 1 atom stereocenters. The summed E-state index contributed by atoms with van der Waals surface area (Å²) in [6.45, 7) is 1.96. The maximum atomic E-state index is 12.4. The molecule has 2 saturated carbocycles. The lowest BCUT2D eigenvalue weighted by Gasteiger charge is -2.15. The Morgan fingerprint density at radius 2 is 1.65 bits per heavy atom. The monoisotopic (exact) mass is 294 g/mol. The highest BCUT2D eigenvalue weighted by Crippen LogP contribution is 2.49. The average Bonchev–Trinajstić information content (AvgIpc) is 3.24. The van der Waals surface area contributed by atoms with Crippen LogP contribution in [0.1, 0.15) is 44.2 Å². The van der Waals surface area contributed by atoms with Crippen LogP contribution in [0, 0.1) is 17.8 Å². The number of carbonyl (C=O) groups excluding carboxylic acids is 1. The molecule has 3 nitrogen and oxygen atoms in total. The number of amides is 1. The molecule has 3 N–H and O–H groups in total. The highest BCUT2D eigenvalue weighted by atomic mass is 35.5. The van der Waals surface area contributed by atoms with Crippen molar-refractivity contribution in [3.8, 4) is 0 Å². The van der Waals surface area contributed by atoms with Crippen LogP contribution in [0.5, 0.6) is 0 Å². The lowest BCUT2D eigenvalue weighted by atomic mass is 9.97. The van der Waals surface area contributed by atoms with Gasteiger partial charge in [0.2, 0.25) is 5.91 Å². The van der Waals surface area contributed by atoms with Crippen LogP contribution in [0.4, 0.5) is 5.69 Å². The van der Waals surface area contributed by atoms with Crippen molar-refractivity contribution in [3.05, 3.63) is 29.8 Å². The van der Waals surface area contributed by atoms with Crippen LogP contribution < -0.4 is 11.1 Å². The summed E-state index contributed by atoms with van der Waals surface area (Å²) in [5.74, 6) is 1.78. The SMILES string of the molecule is CC(N)c1ccc(NC(=O)C(C2CC2)C2CC2)cc1.Cl. The molecule has 20 heavy (non-hydrogen) atoms. The molecule has 0 aromatic heterocycles. The number of hydrogen-bond acceptors (Lipinski definition) is 2. The second-order valence-electron chi connectivity index (χ2n) is 6.10. The first kappa shape index (κ1) is 15.3. The van der Waals surface area contributed by atoms with Crippen molar-refractivity contribution in [2.24, 2.45) is 23.5 Å². The van der Waals surface area contributed by atoms with Crippen LogP contribution >= 0.6 is 12.4 Å². The fourth-order valence-corrected chi connectivity index (χ4v) is 2.82. The zero-order valence-electron chi connectivity index (χ0n) is 11.8. The summed E-state index contributed by atoms with van der Waals surface area (Å²) < 4.78 is 0. The quantitative estimate of drug-likeness (QED) is 0.873. The molecule has 0 heterocycles. The van der Waals surface area contributed by atoms with Gasteiger partial charge in [-0.25, -0.2) is 0 Å². The van der Waals surface area contributed by atoms with Gasteiger partial charge < -0.3 is 11.1 Å². The summed E-state index contributed by atoms with van der Waals surface area (Å²) in [6.07, 6.45) is 4.94. The molecule has 2 aliphatic carbocycles. The van der Waals surface area contributed by atoms with Crippen molar-refractivity contribution in [1.29, 1.82) is 0 Å². The zero-order chi connectivity index (χ0) is 13.4. The van der Waals surface area contributed by atoms with E-state index in [1.807, 2.05) is 31.2 Å². The van der Waals surface area contributed by atoms with Crippen molar-refractivity contribution in [3.63, 3.8) is 0 Å². The van der Waals surface area contributed by atoms with E-state index in [1.165, 1.54) is 25.7 Å². The number of anilines is 1. The molecule has 0 spiro atoms. The lowest BCUT2D eigenvalue weighted by molar-refractivity contribution is -0.121. The maximum Gasteiger partial charge on any atom is 0.228 e. The van der Waals surface area contributed by atoms with Gasteiger partial charge in [-0.05, 0) is 62.1 Å². The van der Waals surface area contributed by atoms with E-state index in [2.05, 4.69) is 5.32 Å². The molecule has 0 saturated heterocycles. The van der Waals surface area contributed by atoms with Gasteiger partial charge in [0.25, 0.3) is 0 Å². The average molecular weight is 295 g/mol. The molecule has 0 bridgehead atoms. The molecule has 110 valence electrons. The molecule has 0 aliphatic heterocycles. The highest BCUT2D eigenvalue weighted by Gasteiger charge is 2.45. The summed E-state index contributed by atoms with van der Waals surface area (Å²) in [4.78, 5) is 12.4. The van der Waals surface area contributed by atoms with Crippen molar-refractivity contribution in [2.45, 2.75) is 38.6 Å². The first-order valence-corrected chi connectivity index (χ1v) is 7.31. The van der Waals surface area contributed by atoms with Gasteiger partial charge in [-0.2, -0.15) is 0 Å². The third-order valence-electron chi connectivity index (χ3n) is 4.27. The number of halogens is 1. The van der Waals surface area contributed by atoms with E-state index in [4.69, 9.17) is 5.73 Å². The van der Waals surface area contributed by atoms with Gasteiger partial charge in [0.15, 0.2) is 0 Å². The third-order valence-corrected chi connectivity index (χ3v) is 4.27. The lowest BCUT2D eigenvalue weighted by Crippen LogP contribution is -2.26. The van der Waals surface area contributed by atoms with Crippen molar-refractivity contribution < 1.29 is 4.79 Å². The molecule has 0 radical (unpaired) electrons. The number of hydrogen-bond donors (Lipinski definition) is 2.